The lowest BCUT2D eigenvalue weighted by Gasteiger charge is -2.11. The van der Waals surface area contributed by atoms with Gasteiger partial charge in [-0.25, -0.2) is 0 Å². The molecule has 14 heavy (non-hydrogen) atoms. The van der Waals surface area contributed by atoms with E-state index in [1.54, 1.807) is 0 Å². The maximum Gasteiger partial charge on any atom is 0.140 e. The van der Waals surface area contributed by atoms with Crippen LogP contribution in [0.15, 0.2) is 22.7 Å². The molecular weight excluding hydrogens is 240 g/mol. The largest absolute Gasteiger partial charge is 0.299 e. The third-order valence-corrected chi connectivity index (χ3v) is 3.41. The van der Waals surface area contributed by atoms with Gasteiger partial charge in [-0.1, -0.05) is 22.0 Å². The molecule has 0 bridgehead atoms. The molecule has 0 radical (unpaired) electrons. The number of halogens is 1. The number of Topliss-reactive ketones (excluding diaryl/α,β-unsaturated/α-hetero) is 1. The third-order valence-electron chi connectivity index (χ3n) is 2.91. The molecule has 1 aliphatic carbocycles. The van der Waals surface area contributed by atoms with Crippen molar-refractivity contribution in [2.45, 2.75) is 32.1 Å². The summed E-state index contributed by atoms with van der Waals surface area (Å²) in [6.07, 6.45) is 2.85. The Morgan fingerprint density at radius 2 is 2.21 bits per heavy atom. The molecule has 1 aromatic carbocycles. The first-order valence-electron chi connectivity index (χ1n) is 4.97. The highest BCUT2D eigenvalue weighted by atomic mass is 79.9. The molecule has 0 heterocycles. The standard InChI is InChI=1S/C12H13BrO/c1-8-7-9(13)5-6-10(8)11-3-2-4-12(11)14/h5-7,11H,2-4H2,1H3. The van der Waals surface area contributed by atoms with Crippen molar-refractivity contribution in [1.29, 1.82) is 0 Å². The second-order valence-electron chi connectivity index (χ2n) is 3.91. The fourth-order valence-corrected chi connectivity index (χ4v) is 2.65. The van der Waals surface area contributed by atoms with Crippen LogP contribution in [0.25, 0.3) is 0 Å². The first-order chi connectivity index (χ1) is 6.68. The number of carbonyl (C=O) groups is 1. The zero-order chi connectivity index (χ0) is 10.1. The van der Waals surface area contributed by atoms with Crippen LogP contribution < -0.4 is 0 Å². The third kappa shape index (κ3) is 1.76. The molecule has 1 atom stereocenters. The van der Waals surface area contributed by atoms with Crippen molar-refractivity contribution in [3.05, 3.63) is 33.8 Å². The molecule has 1 unspecified atom stereocenters. The summed E-state index contributed by atoms with van der Waals surface area (Å²) in [5.74, 6) is 0.582. The summed E-state index contributed by atoms with van der Waals surface area (Å²) in [4.78, 5) is 11.6. The summed E-state index contributed by atoms with van der Waals surface area (Å²) in [5, 5.41) is 0. The maximum absolute atomic E-state index is 11.6. The lowest BCUT2D eigenvalue weighted by Crippen LogP contribution is -2.05. The Balaban J connectivity index is 2.36. The normalized spacial score (nSPS) is 21.6. The summed E-state index contributed by atoms with van der Waals surface area (Å²) in [6.45, 7) is 2.08. The van der Waals surface area contributed by atoms with Crippen LogP contribution in [0.1, 0.15) is 36.3 Å². The van der Waals surface area contributed by atoms with Gasteiger partial charge in [0.15, 0.2) is 0 Å². The maximum atomic E-state index is 11.6. The highest BCUT2D eigenvalue weighted by molar-refractivity contribution is 9.10. The molecule has 0 aromatic heterocycles. The van der Waals surface area contributed by atoms with Gasteiger partial charge in [0.2, 0.25) is 0 Å². The molecule has 74 valence electrons. The molecule has 2 heteroatoms. The van der Waals surface area contributed by atoms with Crippen molar-refractivity contribution in [2.24, 2.45) is 0 Å². The van der Waals surface area contributed by atoms with Gasteiger partial charge < -0.3 is 0 Å². The van der Waals surface area contributed by atoms with Gasteiger partial charge in [-0.3, -0.25) is 4.79 Å². The number of aryl methyl sites for hydroxylation is 1. The van der Waals surface area contributed by atoms with Crippen molar-refractivity contribution in [3.8, 4) is 0 Å². The Morgan fingerprint density at radius 1 is 1.43 bits per heavy atom. The minimum atomic E-state index is 0.170. The van der Waals surface area contributed by atoms with Crippen LogP contribution in [-0.4, -0.2) is 5.78 Å². The van der Waals surface area contributed by atoms with E-state index in [2.05, 4.69) is 35.0 Å². The van der Waals surface area contributed by atoms with Crippen LogP contribution >= 0.6 is 15.9 Å². The smallest absolute Gasteiger partial charge is 0.140 e. The molecule has 1 nitrogen and oxygen atoms in total. The van der Waals surface area contributed by atoms with Gasteiger partial charge in [0.25, 0.3) is 0 Å². The van der Waals surface area contributed by atoms with Gasteiger partial charge in [0, 0.05) is 16.8 Å². The summed E-state index contributed by atoms with van der Waals surface area (Å²) < 4.78 is 1.09. The molecule has 2 rings (SSSR count). The number of benzene rings is 1. The fourth-order valence-electron chi connectivity index (χ4n) is 2.17. The number of ketones is 1. The van der Waals surface area contributed by atoms with E-state index in [4.69, 9.17) is 0 Å². The van der Waals surface area contributed by atoms with Crippen LogP contribution in [0.5, 0.6) is 0 Å². The van der Waals surface area contributed by atoms with Crippen LogP contribution in [0.3, 0.4) is 0 Å². The summed E-state index contributed by atoms with van der Waals surface area (Å²) in [5.41, 5.74) is 2.44. The monoisotopic (exact) mass is 252 g/mol. The van der Waals surface area contributed by atoms with Gasteiger partial charge in [-0.05, 0) is 43.0 Å². The predicted molar refractivity (Wildman–Crippen MR) is 60.5 cm³/mol. The molecule has 0 N–H and O–H groups in total. The Kier molecular flexibility index (Phi) is 2.73. The minimum Gasteiger partial charge on any atom is -0.299 e. The average molecular weight is 253 g/mol. The highest BCUT2D eigenvalue weighted by Gasteiger charge is 2.26. The molecule has 0 amide bonds. The highest BCUT2D eigenvalue weighted by Crippen LogP contribution is 2.33. The molecule has 0 aliphatic heterocycles. The minimum absolute atomic E-state index is 0.170. The second kappa shape index (κ2) is 3.85. The summed E-state index contributed by atoms with van der Waals surface area (Å²) in [6, 6.07) is 6.18. The lowest BCUT2D eigenvalue weighted by atomic mass is 9.93. The molecule has 1 fully saturated rings. The van der Waals surface area contributed by atoms with Gasteiger partial charge in [0.1, 0.15) is 5.78 Å². The molecule has 0 spiro atoms. The van der Waals surface area contributed by atoms with Gasteiger partial charge in [-0.2, -0.15) is 0 Å². The van der Waals surface area contributed by atoms with Gasteiger partial charge in [-0.15, -0.1) is 0 Å². The van der Waals surface area contributed by atoms with Crippen molar-refractivity contribution < 1.29 is 4.79 Å². The first kappa shape index (κ1) is 9.91. The SMILES string of the molecule is Cc1cc(Br)ccc1C1CCCC1=O. The Labute approximate surface area is 92.6 Å². The van der Waals surface area contributed by atoms with E-state index in [0.29, 0.717) is 5.78 Å². The average Bonchev–Trinajstić information content (AvgIpc) is 2.52. The molecule has 0 saturated heterocycles. The van der Waals surface area contributed by atoms with Crippen LogP contribution in [0, 0.1) is 6.92 Å². The van der Waals surface area contributed by atoms with Crippen LogP contribution in [0.4, 0.5) is 0 Å². The molecule has 1 aliphatic rings. The van der Waals surface area contributed by atoms with E-state index in [1.165, 1.54) is 11.1 Å². The summed E-state index contributed by atoms with van der Waals surface area (Å²) in [7, 11) is 0. The zero-order valence-electron chi connectivity index (χ0n) is 8.22. The Bertz CT molecular complexity index is 371. The lowest BCUT2D eigenvalue weighted by molar-refractivity contribution is -0.118. The molecule has 1 aromatic rings. The number of hydrogen-bond donors (Lipinski definition) is 0. The van der Waals surface area contributed by atoms with E-state index in [1.807, 2.05) is 6.07 Å². The van der Waals surface area contributed by atoms with E-state index in [0.717, 1.165) is 23.7 Å². The molecular formula is C12H13BrO. The van der Waals surface area contributed by atoms with Gasteiger partial charge >= 0.3 is 0 Å². The quantitative estimate of drug-likeness (QED) is 0.747. The van der Waals surface area contributed by atoms with E-state index in [-0.39, 0.29) is 5.92 Å². The van der Waals surface area contributed by atoms with Crippen molar-refractivity contribution in [2.75, 3.05) is 0 Å². The van der Waals surface area contributed by atoms with Crippen molar-refractivity contribution in [3.63, 3.8) is 0 Å². The summed E-state index contributed by atoms with van der Waals surface area (Å²) >= 11 is 3.44. The van der Waals surface area contributed by atoms with E-state index >= 15 is 0 Å². The number of hydrogen-bond acceptors (Lipinski definition) is 1. The molecule has 1 saturated carbocycles. The van der Waals surface area contributed by atoms with Crippen molar-refractivity contribution >= 4 is 21.7 Å². The zero-order valence-corrected chi connectivity index (χ0v) is 9.80. The topological polar surface area (TPSA) is 17.1 Å². The second-order valence-corrected chi connectivity index (χ2v) is 4.83. The first-order valence-corrected chi connectivity index (χ1v) is 5.76. The van der Waals surface area contributed by atoms with Crippen molar-refractivity contribution in [1.82, 2.24) is 0 Å². The predicted octanol–water partition coefficient (Wildman–Crippen LogP) is 3.59. The number of carbonyl (C=O) groups excluding carboxylic acids is 1. The van der Waals surface area contributed by atoms with Gasteiger partial charge in [0.05, 0.1) is 0 Å². The van der Waals surface area contributed by atoms with Crippen LogP contribution in [-0.2, 0) is 4.79 Å². The Hall–Kier alpha value is -0.630. The van der Waals surface area contributed by atoms with E-state index < -0.39 is 0 Å². The van der Waals surface area contributed by atoms with Crippen LogP contribution in [0.2, 0.25) is 0 Å². The fraction of sp³-hybridized carbons (Fsp3) is 0.417. The van der Waals surface area contributed by atoms with E-state index in [9.17, 15) is 4.79 Å². The Morgan fingerprint density at radius 3 is 2.79 bits per heavy atom. The number of rotatable bonds is 1.